The molecule has 0 N–H and O–H groups in total. The number of phosphoric acid groups is 1. The molecule has 71 heavy (non-hydrogen) atoms. The zero-order valence-corrected chi connectivity index (χ0v) is 38.4. The fourth-order valence-corrected chi connectivity index (χ4v) is 9.26. The van der Waals surface area contributed by atoms with E-state index in [4.69, 9.17) is 13.6 Å². The average Bonchev–Trinajstić information content (AvgIpc) is 3.43. The molecule has 0 heterocycles. The number of hydrogen-bond acceptors (Lipinski definition) is 10. The molecule has 0 aromatic heterocycles. The fourth-order valence-electron chi connectivity index (χ4n) is 7.95. The largest absolute Gasteiger partial charge is 0.647 e. The first kappa shape index (κ1) is 46.7. The van der Waals surface area contributed by atoms with Crippen LogP contribution < -0.4 is 13.6 Å². The molecule has 0 amide bonds. The first-order valence-corrected chi connectivity index (χ1v) is 23.6. The number of aldehydes is 6. The van der Waals surface area contributed by atoms with Gasteiger partial charge in [-0.25, -0.2) is 0 Å². The van der Waals surface area contributed by atoms with Crippen molar-refractivity contribution in [1.82, 2.24) is 0 Å². The molecule has 0 saturated carbocycles. The van der Waals surface area contributed by atoms with Crippen LogP contribution in [0.1, 0.15) is 62.1 Å². The smallest absolute Gasteiger partial charge is 0.385 e. The summed E-state index contributed by atoms with van der Waals surface area (Å²) in [5.74, 6) is 0.272. The van der Waals surface area contributed by atoms with Crippen molar-refractivity contribution in [1.29, 1.82) is 0 Å². The summed E-state index contributed by atoms with van der Waals surface area (Å²) >= 11 is 0. The maximum absolute atomic E-state index is 16.1. The minimum Gasteiger partial charge on any atom is -0.385 e. The van der Waals surface area contributed by atoms with Crippen LogP contribution in [0, 0.1) is 0 Å². The van der Waals surface area contributed by atoms with Crippen LogP contribution in [-0.2, 0) is 4.57 Å². The lowest BCUT2D eigenvalue weighted by molar-refractivity contribution is 0.111. The van der Waals surface area contributed by atoms with Gasteiger partial charge in [-0.05, 0) is 86.5 Å². The second kappa shape index (κ2) is 20.9. The summed E-state index contributed by atoms with van der Waals surface area (Å²) in [5.41, 5.74) is 10.5. The molecule has 9 aromatic carbocycles. The minimum atomic E-state index is -4.95. The van der Waals surface area contributed by atoms with Crippen LogP contribution in [0.15, 0.2) is 200 Å². The summed E-state index contributed by atoms with van der Waals surface area (Å²) in [7, 11) is -4.95. The van der Waals surface area contributed by atoms with Gasteiger partial charge in [0, 0.05) is 50.1 Å². The number of hydrogen-bond donors (Lipinski definition) is 0. The molecule has 0 radical (unpaired) electrons. The third kappa shape index (κ3) is 10.5. The molecule has 0 aliphatic heterocycles. The molecule has 0 spiro atoms. The summed E-state index contributed by atoms with van der Waals surface area (Å²) in [6.07, 6.45) is 4.46. The highest BCUT2D eigenvalue weighted by atomic mass is 31.2. The number of carbonyl (C=O) groups is 6. The molecule has 0 aliphatic rings. The van der Waals surface area contributed by atoms with Crippen LogP contribution in [0.3, 0.4) is 0 Å². The molecular formula is C60H39O10P. The van der Waals surface area contributed by atoms with Gasteiger partial charge in [0.25, 0.3) is 0 Å². The Kier molecular flexibility index (Phi) is 13.7. The zero-order chi connectivity index (χ0) is 49.3. The first-order valence-electron chi connectivity index (χ1n) is 22.1. The van der Waals surface area contributed by atoms with Gasteiger partial charge in [0.15, 0.2) is 0 Å². The van der Waals surface area contributed by atoms with Crippen LogP contribution in [0.2, 0.25) is 0 Å². The van der Waals surface area contributed by atoms with Gasteiger partial charge in [0.05, 0.1) is 0 Å². The van der Waals surface area contributed by atoms with E-state index in [1.165, 1.54) is 0 Å². The molecule has 0 unspecified atom stereocenters. The summed E-state index contributed by atoms with van der Waals surface area (Å²) in [6.45, 7) is 0. The number of carbonyl (C=O) groups excluding carboxylic acids is 6. The van der Waals surface area contributed by atoms with E-state index in [9.17, 15) is 28.8 Å². The summed E-state index contributed by atoms with van der Waals surface area (Å²) in [5, 5.41) is 0. The van der Waals surface area contributed by atoms with Crippen molar-refractivity contribution in [2.75, 3.05) is 0 Å². The van der Waals surface area contributed by atoms with E-state index < -0.39 is 7.82 Å². The predicted octanol–water partition coefficient (Wildman–Crippen LogP) is 14.2. The summed E-state index contributed by atoms with van der Waals surface area (Å²) in [6, 6.07) is 57.1. The van der Waals surface area contributed by atoms with Crippen LogP contribution in [-0.4, -0.2) is 37.7 Å². The maximum atomic E-state index is 16.1. The molecule has 0 bridgehead atoms. The van der Waals surface area contributed by atoms with Gasteiger partial charge in [-0.15, -0.1) is 0 Å². The minimum absolute atomic E-state index is 0.0907. The lowest BCUT2D eigenvalue weighted by Gasteiger charge is -2.24. The van der Waals surface area contributed by atoms with Gasteiger partial charge in [0.1, 0.15) is 55.0 Å². The van der Waals surface area contributed by atoms with Crippen LogP contribution in [0.25, 0.3) is 66.8 Å². The quantitative estimate of drug-likeness (QED) is 0.0601. The van der Waals surface area contributed by atoms with E-state index >= 15 is 4.57 Å². The van der Waals surface area contributed by atoms with E-state index in [0.717, 1.165) is 71.1 Å². The van der Waals surface area contributed by atoms with E-state index in [-0.39, 0.29) is 17.2 Å². The highest BCUT2D eigenvalue weighted by Gasteiger charge is 2.36. The van der Waals surface area contributed by atoms with Gasteiger partial charge in [-0.2, -0.15) is 4.57 Å². The van der Waals surface area contributed by atoms with Crippen molar-refractivity contribution in [2.24, 2.45) is 0 Å². The third-order valence-corrected chi connectivity index (χ3v) is 13.0. The molecule has 0 saturated heterocycles. The highest BCUT2D eigenvalue weighted by molar-refractivity contribution is 7.49. The monoisotopic (exact) mass is 950 g/mol. The molecule has 0 fully saturated rings. The normalized spacial score (nSPS) is 10.9. The molecule has 344 valence electrons. The van der Waals surface area contributed by atoms with Crippen molar-refractivity contribution in [3.05, 3.63) is 234 Å². The standard InChI is InChI=1S/C60H39O10P/c61-34-40-1-13-46(14-2-40)52-25-28-58(55(31-52)49-19-7-43(37-64)8-20-49)68-71(67,69-59-29-26-53(47-15-3-41(35-62)4-16-47)32-56(59)50-21-9-44(38-65)10-22-50)70-60-30-27-54(48-17-5-42(36-63)6-18-48)33-57(60)51-23-11-45(39-66)12-24-51/h1-39H. The lowest BCUT2D eigenvalue weighted by Crippen LogP contribution is -2.09. The summed E-state index contributed by atoms with van der Waals surface area (Å²) < 4.78 is 36.1. The molecule has 9 rings (SSSR count). The van der Waals surface area contributed by atoms with Gasteiger partial charge < -0.3 is 13.6 Å². The van der Waals surface area contributed by atoms with Gasteiger partial charge in [0.2, 0.25) is 0 Å². The van der Waals surface area contributed by atoms with E-state index in [1.54, 1.807) is 146 Å². The van der Waals surface area contributed by atoms with Crippen LogP contribution >= 0.6 is 7.82 Å². The second-order valence-corrected chi connectivity index (χ2v) is 17.7. The maximum Gasteiger partial charge on any atom is 0.647 e. The average molecular weight is 951 g/mol. The van der Waals surface area contributed by atoms with E-state index in [1.807, 2.05) is 54.6 Å². The van der Waals surface area contributed by atoms with Crippen molar-refractivity contribution in [2.45, 2.75) is 0 Å². The number of rotatable bonds is 18. The molecule has 10 nitrogen and oxygen atoms in total. The Morgan fingerprint density at radius 3 is 0.620 bits per heavy atom. The Labute approximate surface area is 408 Å². The van der Waals surface area contributed by atoms with Gasteiger partial charge in [-0.1, -0.05) is 164 Å². The van der Waals surface area contributed by atoms with E-state index in [0.29, 0.717) is 66.8 Å². The van der Waals surface area contributed by atoms with E-state index in [2.05, 4.69) is 0 Å². The Morgan fingerprint density at radius 1 is 0.239 bits per heavy atom. The first-order chi connectivity index (χ1) is 34.7. The zero-order valence-electron chi connectivity index (χ0n) is 37.5. The van der Waals surface area contributed by atoms with Crippen LogP contribution in [0.5, 0.6) is 17.2 Å². The van der Waals surface area contributed by atoms with Crippen molar-refractivity contribution >= 4 is 45.5 Å². The molecule has 9 aromatic rings. The van der Waals surface area contributed by atoms with Crippen molar-refractivity contribution in [3.63, 3.8) is 0 Å². The molecule has 0 aliphatic carbocycles. The Morgan fingerprint density at radius 2 is 0.423 bits per heavy atom. The number of phosphoric ester groups is 1. The fraction of sp³-hybridized carbons (Fsp3) is 0. The SMILES string of the molecule is O=Cc1ccc(-c2ccc(OP(=O)(Oc3ccc(-c4ccc(C=O)cc4)cc3-c3ccc(C=O)cc3)Oc3ccc(-c4ccc(C=O)cc4)cc3-c3ccc(C=O)cc3)c(-c3ccc(C=O)cc3)c2)cc1. The topological polar surface area (TPSA) is 147 Å². The lowest BCUT2D eigenvalue weighted by atomic mass is 9.97. The van der Waals surface area contributed by atoms with Crippen LogP contribution in [0.4, 0.5) is 0 Å². The Bertz CT molecular complexity index is 3120. The third-order valence-electron chi connectivity index (χ3n) is 11.8. The number of benzene rings is 9. The van der Waals surface area contributed by atoms with Gasteiger partial charge >= 0.3 is 7.82 Å². The Balaban J connectivity index is 1.23. The van der Waals surface area contributed by atoms with Crippen molar-refractivity contribution in [3.8, 4) is 84.0 Å². The van der Waals surface area contributed by atoms with Gasteiger partial charge in [-0.3, -0.25) is 28.8 Å². The molecule has 11 heteroatoms. The summed E-state index contributed by atoms with van der Waals surface area (Å²) in [4.78, 5) is 69.8. The molecular weight excluding hydrogens is 912 g/mol. The molecule has 0 atom stereocenters. The second-order valence-electron chi connectivity index (χ2n) is 16.3. The highest BCUT2D eigenvalue weighted by Crippen LogP contribution is 2.55. The predicted molar refractivity (Wildman–Crippen MR) is 274 cm³/mol. The van der Waals surface area contributed by atoms with Crippen molar-refractivity contribution < 1.29 is 46.9 Å². The Hall–Kier alpha value is -9.37.